The lowest BCUT2D eigenvalue weighted by atomic mass is 10.2. The molecular formula is C14H13F2NO5S. The molecule has 2 aromatic rings. The molecule has 0 spiro atoms. The molecule has 0 aliphatic heterocycles. The van der Waals surface area contributed by atoms with E-state index in [9.17, 15) is 22.0 Å². The highest BCUT2D eigenvalue weighted by molar-refractivity contribution is 7.91. The smallest absolute Gasteiger partial charge is 0.341 e. The van der Waals surface area contributed by atoms with Gasteiger partial charge in [0, 0.05) is 0 Å². The summed E-state index contributed by atoms with van der Waals surface area (Å²) in [4.78, 5) is 11.3. The monoisotopic (exact) mass is 345 g/mol. The van der Waals surface area contributed by atoms with Gasteiger partial charge in [0.2, 0.25) is 9.84 Å². The SMILES string of the molecule is Cc1noc(C)c1COC(=O)c1ccc(S(=O)(=O)C(F)F)cc1. The number of nitrogens with zero attached hydrogens (tertiary/aromatic N) is 1. The van der Waals surface area contributed by atoms with Crippen molar-refractivity contribution in [2.45, 2.75) is 31.1 Å². The second-order valence-corrected chi connectivity index (χ2v) is 6.63. The van der Waals surface area contributed by atoms with Gasteiger partial charge in [-0.3, -0.25) is 0 Å². The highest BCUT2D eigenvalue weighted by atomic mass is 32.2. The number of carbonyl (C=O) groups is 1. The second kappa shape index (κ2) is 6.45. The van der Waals surface area contributed by atoms with Crippen molar-refractivity contribution in [2.24, 2.45) is 0 Å². The minimum atomic E-state index is -4.68. The Kier molecular flexibility index (Phi) is 4.79. The minimum absolute atomic E-state index is 0.0463. The Labute approximate surface area is 131 Å². The van der Waals surface area contributed by atoms with Gasteiger partial charge in [-0.1, -0.05) is 5.16 Å². The molecule has 0 fully saturated rings. The van der Waals surface area contributed by atoms with Gasteiger partial charge in [0.1, 0.15) is 12.4 Å². The minimum Gasteiger partial charge on any atom is -0.457 e. The number of carbonyl (C=O) groups excluding carboxylic acids is 1. The van der Waals surface area contributed by atoms with E-state index in [1.807, 2.05) is 0 Å². The zero-order valence-corrected chi connectivity index (χ0v) is 13.1. The van der Waals surface area contributed by atoms with Gasteiger partial charge in [0.05, 0.1) is 21.7 Å². The van der Waals surface area contributed by atoms with Crippen molar-refractivity contribution < 1.29 is 31.3 Å². The van der Waals surface area contributed by atoms with Crippen LogP contribution in [0.4, 0.5) is 8.78 Å². The number of aromatic nitrogens is 1. The molecule has 0 amide bonds. The summed E-state index contributed by atoms with van der Waals surface area (Å²) in [5.41, 5.74) is 1.27. The summed E-state index contributed by atoms with van der Waals surface area (Å²) < 4.78 is 57.4. The van der Waals surface area contributed by atoms with E-state index in [0.29, 0.717) is 17.0 Å². The van der Waals surface area contributed by atoms with Gasteiger partial charge in [-0.05, 0) is 38.1 Å². The zero-order chi connectivity index (χ0) is 17.2. The van der Waals surface area contributed by atoms with Gasteiger partial charge in [0.25, 0.3) is 0 Å². The van der Waals surface area contributed by atoms with Gasteiger partial charge < -0.3 is 9.26 Å². The molecule has 124 valence electrons. The highest BCUT2D eigenvalue weighted by Gasteiger charge is 2.26. The lowest BCUT2D eigenvalue weighted by Gasteiger charge is -2.06. The summed E-state index contributed by atoms with van der Waals surface area (Å²) in [7, 11) is -4.68. The Hall–Kier alpha value is -2.29. The number of alkyl halides is 2. The first-order valence-electron chi connectivity index (χ1n) is 6.44. The molecule has 0 atom stereocenters. The number of hydrogen-bond acceptors (Lipinski definition) is 6. The maximum atomic E-state index is 12.4. The molecule has 0 unspecified atom stereocenters. The van der Waals surface area contributed by atoms with E-state index in [4.69, 9.17) is 9.26 Å². The topological polar surface area (TPSA) is 86.5 Å². The molecule has 0 N–H and O–H groups in total. The van der Waals surface area contributed by atoms with E-state index in [1.54, 1.807) is 13.8 Å². The molecule has 0 bridgehead atoms. The molecule has 9 heteroatoms. The zero-order valence-electron chi connectivity index (χ0n) is 12.2. The largest absolute Gasteiger partial charge is 0.457 e. The van der Waals surface area contributed by atoms with Crippen LogP contribution in [0.1, 0.15) is 27.4 Å². The second-order valence-electron chi connectivity index (χ2n) is 4.71. The van der Waals surface area contributed by atoms with Gasteiger partial charge in [-0.15, -0.1) is 0 Å². The lowest BCUT2D eigenvalue weighted by molar-refractivity contribution is 0.0470. The van der Waals surface area contributed by atoms with Crippen molar-refractivity contribution in [1.29, 1.82) is 0 Å². The number of hydrogen-bond donors (Lipinski definition) is 0. The quantitative estimate of drug-likeness (QED) is 0.774. The van der Waals surface area contributed by atoms with Gasteiger partial charge in [0.15, 0.2) is 0 Å². The predicted molar refractivity (Wildman–Crippen MR) is 74.7 cm³/mol. The molecule has 0 radical (unpaired) electrons. The maximum Gasteiger partial charge on any atom is 0.341 e. The number of esters is 1. The normalized spacial score (nSPS) is 11.7. The van der Waals surface area contributed by atoms with E-state index >= 15 is 0 Å². The molecule has 0 aliphatic carbocycles. The molecule has 0 saturated heterocycles. The van der Waals surface area contributed by atoms with Crippen LogP contribution in [0, 0.1) is 13.8 Å². The number of benzene rings is 1. The molecule has 1 heterocycles. The van der Waals surface area contributed by atoms with E-state index in [1.165, 1.54) is 0 Å². The van der Waals surface area contributed by atoms with Crippen LogP contribution in [0.25, 0.3) is 0 Å². The predicted octanol–water partition coefficient (Wildman–Crippen LogP) is 2.64. The molecule has 1 aromatic heterocycles. The Balaban J connectivity index is 2.09. The summed E-state index contributed by atoms with van der Waals surface area (Å²) in [5.74, 6) is -3.71. The van der Waals surface area contributed by atoms with Crippen LogP contribution >= 0.6 is 0 Å². The summed E-state index contributed by atoms with van der Waals surface area (Å²) in [5, 5.41) is 3.72. The van der Waals surface area contributed by atoms with Gasteiger partial charge >= 0.3 is 11.7 Å². The third-order valence-corrected chi connectivity index (χ3v) is 4.58. The average molecular weight is 345 g/mol. The van der Waals surface area contributed by atoms with Gasteiger partial charge in [-0.25, -0.2) is 13.2 Å². The van der Waals surface area contributed by atoms with Crippen molar-refractivity contribution in [2.75, 3.05) is 0 Å². The van der Waals surface area contributed by atoms with Gasteiger partial charge in [-0.2, -0.15) is 8.78 Å². The number of aryl methyl sites for hydroxylation is 2. The maximum absolute atomic E-state index is 12.4. The van der Waals surface area contributed by atoms with E-state index < -0.39 is 26.5 Å². The summed E-state index contributed by atoms with van der Waals surface area (Å²) >= 11 is 0. The van der Waals surface area contributed by atoms with Crippen LogP contribution in [-0.4, -0.2) is 25.3 Å². The third kappa shape index (κ3) is 3.55. The Morgan fingerprint density at radius 2 is 1.87 bits per heavy atom. The number of halogens is 2. The first-order valence-corrected chi connectivity index (χ1v) is 7.99. The molecule has 0 aliphatic rings. The molecule has 6 nitrogen and oxygen atoms in total. The molecule has 23 heavy (non-hydrogen) atoms. The molecule has 1 aromatic carbocycles. The summed E-state index contributed by atoms with van der Waals surface area (Å²) in [6.07, 6.45) is 0. The molecule has 0 saturated carbocycles. The summed E-state index contributed by atoms with van der Waals surface area (Å²) in [6.45, 7) is 3.31. The molecule has 2 rings (SSSR count). The summed E-state index contributed by atoms with van der Waals surface area (Å²) in [6, 6.07) is 4.11. The number of sulfone groups is 1. The first-order chi connectivity index (χ1) is 10.7. The fraction of sp³-hybridized carbons (Fsp3) is 0.286. The Morgan fingerprint density at radius 1 is 1.26 bits per heavy atom. The first kappa shape index (κ1) is 17.1. The standard InChI is InChI=1S/C14H13F2NO5S/c1-8-12(9(2)22-17-8)7-21-13(18)10-3-5-11(6-4-10)23(19,20)14(15)16/h3-6,14H,7H2,1-2H3. The number of rotatable bonds is 5. The fourth-order valence-corrected chi connectivity index (χ4v) is 2.53. The van der Waals surface area contributed by atoms with Crippen molar-refractivity contribution in [1.82, 2.24) is 5.16 Å². The van der Waals surface area contributed by atoms with Crippen molar-refractivity contribution in [3.8, 4) is 0 Å². The van der Waals surface area contributed by atoms with Crippen LogP contribution in [0.2, 0.25) is 0 Å². The van der Waals surface area contributed by atoms with Crippen LogP contribution in [0.15, 0.2) is 33.7 Å². The van der Waals surface area contributed by atoms with E-state index in [2.05, 4.69) is 5.16 Å². The van der Waals surface area contributed by atoms with Crippen LogP contribution in [0.5, 0.6) is 0 Å². The lowest BCUT2D eigenvalue weighted by Crippen LogP contribution is -2.12. The van der Waals surface area contributed by atoms with Crippen LogP contribution in [-0.2, 0) is 21.2 Å². The Morgan fingerprint density at radius 3 is 2.35 bits per heavy atom. The van der Waals surface area contributed by atoms with Crippen molar-refractivity contribution in [3.05, 3.63) is 46.8 Å². The third-order valence-electron chi connectivity index (χ3n) is 3.18. The van der Waals surface area contributed by atoms with Crippen molar-refractivity contribution >= 4 is 15.8 Å². The van der Waals surface area contributed by atoms with Crippen LogP contribution in [0.3, 0.4) is 0 Å². The molecular weight excluding hydrogens is 332 g/mol. The number of ether oxygens (including phenoxy) is 1. The fourth-order valence-electron chi connectivity index (χ4n) is 1.81. The Bertz CT molecular complexity index is 793. The van der Waals surface area contributed by atoms with E-state index in [0.717, 1.165) is 24.3 Å². The van der Waals surface area contributed by atoms with Crippen LogP contribution < -0.4 is 0 Å². The van der Waals surface area contributed by atoms with E-state index in [-0.39, 0.29) is 12.2 Å². The highest BCUT2D eigenvalue weighted by Crippen LogP contribution is 2.19. The average Bonchev–Trinajstić information content (AvgIpc) is 2.83. The van der Waals surface area contributed by atoms with Crippen molar-refractivity contribution in [3.63, 3.8) is 0 Å².